The summed E-state index contributed by atoms with van der Waals surface area (Å²) in [5, 5.41) is 21.2. The fourth-order valence-electron chi connectivity index (χ4n) is 2.66. The van der Waals surface area contributed by atoms with Crippen molar-refractivity contribution in [3.05, 3.63) is 35.2 Å². The van der Waals surface area contributed by atoms with Crippen molar-refractivity contribution in [2.45, 2.75) is 31.7 Å². The van der Waals surface area contributed by atoms with Crippen molar-refractivity contribution in [3.8, 4) is 0 Å². The van der Waals surface area contributed by atoms with Gasteiger partial charge in [0, 0.05) is 36.1 Å². The SMILES string of the molecule is N=C(/C(=C\NC1CC(CO)C1)c1cccc(Cl)n1)C1CC1. The Labute approximate surface area is 129 Å². The highest BCUT2D eigenvalue weighted by atomic mass is 35.5. The van der Waals surface area contributed by atoms with Crippen LogP contribution in [0.25, 0.3) is 5.57 Å². The standard InChI is InChI=1S/C16H20ClN3O/c17-15-3-1-2-14(20-15)13(16(18)11-4-5-11)8-19-12-6-10(7-12)9-21/h1-3,8,10-12,18-19,21H,4-7,9H2/b13-8-,18-16?. The molecule has 0 radical (unpaired) electrons. The number of aliphatic hydroxyl groups is 1. The van der Waals surface area contributed by atoms with E-state index >= 15 is 0 Å². The summed E-state index contributed by atoms with van der Waals surface area (Å²) in [6.45, 7) is 0.266. The molecular formula is C16H20ClN3O. The molecule has 2 aliphatic carbocycles. The summed E-state index contributed by atoms with van der Waals surface area (Å²) >= 11 is 5.97. The fraction of sp³-hybridized carbons (Fsp3) is 0.500. The molecule has 0 bridgehead atoms. The van der Waals surface area contributed by atoms with Crippen LogP contribution in [0.1, 0.15) is 31.4 Å². The zero-order valence-electron chi connectivity index (χ0n) is 11.8. The third-order valence-electron chi connectivity index (χ3n) is 4.22. The van der Waals surface area contributed by atoms with Crippen LogP contribution in [-0.4, -0.2) is 28.5 Å². The summed E-state index contributed by atoms with van der Waals surface area (Å²) < 4.78 is 0. The molecule has 21 heavy (non-hydrogen) atoms. The summed E-state index contributed by atoms with van der Waals surface area (Å²) in [4.78, 5) is 4.33. The summed E-state index contributed by atoms with van der Waals surface area (Å²) in [7, 11) is 0. The lowest BCUT2D eigenvalue weighted by Gasteiger charge is -2.34. The van der Waals surface area contributed by atoms with E-state index in [1.54, 1.807) is 6.07 Å². The first-order chi connectivity index (χ1) is 10.2. The van der Waals surface area contributed by atoms with Crippen molar-refractivity contribution in [1.29, 1.82) is 5.41 Å². The third-order valence-corrected chi connectivity index (χ3v) is 4.43. The molecule has 3 rings (SSSR count). The van der Waals surface area contributed by atoms with Crippen molar-refractivity contribution in [2.24, 2.45) is 11.8 Å². The van der Waals surface area contributed by atoms with Crippen molar-refractivity contribution < 1.29 is 5.11 Å². The summed E-state index contributed by atoms with van der Waals surface area (Å²) in [5.74, 6) is 0.789. The van der Waals surface area contributed by atoms with Gasteiger partial charge in [0.25, 0.3) is 0 Å². The van der Waals surface area contributed by atoms with E-state index in [1.807, 2.05) is 18.3 Å². The van der Waals surface area contributed by atoms with Crippen LogP contribution < -0.4 is 5.32 Å². The summed E-state index contributed by atoms with van der Waals surface area (Å²) in [6.07, 6.45) is 6.07. The molecular weight excluding hydrogens is 286 g/mol. The molecule has 2 saturated carbocycles. The molecule has 5 heteroatoms. The zero-order valence-corrected chi connectivity index (χ0v) is 12.6. The Bertz CT molecular complexity index is 562. The van der Waals surface area contributed by atoms with Gasteiger partial charge in [0.15, 0.2) is 0 Å². The van der Waals surface area contributed by atoms with E-state index in [-0.39, 0.29) is 6.61 Å². The Morgan fingerprint density at radius 1 is 1.43 bits per heavy atom. The van der Waals surface area contributed by atoms with Gasteiger partial charge in [-0.2, -0.15) is 0 Å². The zero-order chi connectivity index (χ0) is 14.8. The number of hydrogen-bond donors (Lipinski definition) is 3. The van der Waals surface area contributed by atoms with Gasteiger partial charge in [0.05, 0.1) is 5.69 Å². The number of aliphatic hydroxyl groups excluding tert-OH is 1. The Morgan fingerprint density at radius 3 is 2.81 bits per heavy atom. The summed E-state index contributed by atoms with van der Waals surface area (Å²) in [6, 6.07) is 5.90. The molecule has 1 aromatic heterocycles. The van der Waals surface area contributed by atoms with Crippen LogP contribution in [0, 0.1) is 17.2 Å². The average molecular weight is 306 g/mol. The molecule has 0 aromatic carbocycles. The molecule has 1 aromatic rings. The fourth-order valence-corrected chi connectivity index (χ4v) is 2.83. The Kier molecular flexibility index (Phi) is 4.27. The van der Waals surface area contributed by atoms with E-state index in [1.165, 1.54) is 0 Å². The Morgan fingerprint density at radius 2 is 2.19 bits per heavy atom. The second-order valence-corrected chi connectivity index (χ2v) is 6.36. The number of halogens is 1. The normalized spacial score (nSPS) is 25.3. The van der Waals surface area contributed by atoms with E-state index in [4.69, 9.17) is 22.1 Å². The molecule has 2 fully saturated rings. The van der Waals surface area contributed by atoms with Crippen molar-refractivity contribution in [2.75, 3.05) is 6.61 Å². The topological polar surface area (TPSA) is 69.0 Å². The molecule has 3 N–H and O–H groups in total. The lowest BCUT2D eigenvalue weighted by atomic mass is 9.81. The van der Waals surface area contributed by atoms with Crippen LogP contribution in [-0.2, 0) is 0 Å². The van der Waals surface area contributed by atoms with E-state index in [0.29, 0.717) is 28.7 Å². The molecule has 0 spiro atoms. The molecule has 0 atom stereocenters. The predicted molar refractivity (Wildman–Crippen MR) is 84.4 cm³/mol. The highest BCUT2D eigenvalue weighted by Gasteiger charge is 2.31. The number of pyridine rings is 1. The van der Waals surface area contributed by atoms with Gasteiger partial charge in [0.2, 0.25) is 0 Å². The van der Waals surface area contributed by atoms with Crippen LogP contribution >= 0.6 is 11.6 Å². The average Bonchev–Trinajstić information content (AvgIpc) is 3.25. The van der Waals surface area contributed by atoms with Gasteiger partial charge in [-0.05, 0) is 43.7 Å². The minimum Gasteiger partial charge on any atom is -0.396 e. The molecule has 4 nitrogen and oxygen atoms in total. The number of rotatable bonds is 6. The number of nitrogens with one attached hydrogen (secondary N) is 2. The lowest BCUT2D eigenvalue weighted by Crippen LogP contribution is -2.40. The van der Waals surface area contributed by atoms with E-state index in [2.05, 4.69) is 10.3 Å². The molecule has 112 valence electrons. The van der Waals surface area contributed by atoms with Crippen molar-refractivity contribution in [1.82, 2.24) is 10.3 Å². The van der Waals surface area contributed by atoms with Crippen LogP contribution in [0.5, 0.6) is 0 Å². The van der Waals surface area contributed by atoms with Gasteiger partial charge in [0.1, 0.15) is 5.15 Å². The number of aromatic nitrogens is 1. The smallest absolute Gasteiger partial charge is 0.129 e. The van der Waals surface area contributed by atoms with Crippen LogP contribution in [0.4, 0.5) is 0 Å². The van der Waals surface area contributed by atoms with Gasteiger partial charge in [-0.15, -0.1) is 0 Å². The first-order valence-electron chi connectivity index (χ1n) is 7.46. The van der Waals surface area contributed by atoms with Crippen molar-refractivity contribution in [3.63, 3.8) is 0 Å². The van der Waals surface area contributed by atoms with Gasteiger partial charge < -0.3 is 15.8 Å². The minimum absolute atomic E-state index is 0.266. The molecule has 1 heterocycles. The first-order valence-corrected chi connectivity index (χ1v) is 7.84. The third kappa shape index (κ3) is 3.44. The van der Waals surface area contributed by atoms with E-state index < -0.39 is 0 Å². The number of nitrogens with zero attached hydrogens (tertiary/aromatic N) is 1. The molecule has 0 saturated heterocycles. The van der Waals surface area contributed by atoms with Gasteiger partial charge in [-0.3, -0.25) is 0 Å². The largest absolute Gasteiger partial charge is 0.396 e. The summed E-state index contributed by atoms with van der Waals surface area (Å²) in [5.41, 5.74) is 2.24. The van der Waals surface area contributed by atoms with Crippen molar-refractivity contribution >= 4 is 22.9 Å². The van der Waals surface area contributed by atoms with Gasteiger partial charge in [-0.1, -0.05) is 17.7 Å². The Balaban J connectivity index is 1.74. The molecule has 0 unspecified atom stereocenters. The number of hydrogen-bond acceptors (Lipinski definition) is 4. The highest BCUT2D eigenvalue weighted by Crippen LogP contribution is 2.35. The molecule has 2 aliphatic rings. The quantitative estimate of drug-likeness (QED) is 0.559. The highest BCUT2D eigenvalue weighted by molar-refractivity contribution is 6.30. The van der Waals surface area contributed by atoms with Gasteiger partial charge in [-0.25, -0.2) is 4.98 Å². The molecule has 0 amide bonds. The number of allylic oxidation sites excluding steroid dienone is 1. The second kappa shape index (κ2) is 6.16. The maximum atomic E-state index is 9.06. The Hall–Kier alpha value is -1.39. The maximum absolute atomic E-state index is 9.06. The lowest BCUT2D eigenvalue weighted by molar-refractivity contribution is 0.133. The van der Waals surface area contributed by atoms with Crippen LogP contribution in [0.3, 0.4) is 0 Å². The van der Waals surface area contributed by atoms with E-state index in [0.717, 1.165) is 37.0 Å². The van der Waals surface area contributed by atoms with E-state index in [9.17, 15) is 0 Å². The monoisotopic (exact) mass is 305 g/mol. The second-order valence-electron chi connectivity index (χ2n) is 5.98. The predicted octanol–water partition coefficient (Wildman–Crippen LogP) is 2.87. The molecule has 0 aliphatic heterocycles. The minimum atomic E-state index is 0.266. The van der Waals surface area contributed by atoms with Crippen LogP contribution in [0.2, 0.25) is 5.15 Å². The first kappa shape index (κ1) is 14.5. The van der Waals surface area contributed by atoms with Gasteiger partial charge >= 0.3 is 0 Å². The van der Waals surface area contributed by atoms with Crippen LogP contribution in [0.15, 0.2) is 24.4 Å². The maximum Gasteiger partial charge on any atom is 0.129 e.